The summed E-state index contributed by atoms with van der Waals surface area (Å²) in [5.74, 6) is 0.415. The third kappa shape index (κ3) is 5.14. The lowest BCUT2D eigenvalue weighted by molar-refractivity contribution is 0.0288. The number of furan rings is 1. The minimum absolute atomic E-state index is 0.180. The Morgan fingerprint density at radius 2 is 1.96 bits per heavy atom. The molecule has 2 heterocycles. The summed E-state index contributed by atoms with van der Waals surface area (Å²) in [5, 5.41) is 14.0. The van der Waals surface area contributed by atoms with Crippen molar-refractivity contribution in [1.29, 1.82) is 0 Å². The van der Waals surface area contributed by atoms with E-state index in [1.807, 2.05) is 12.1 Å². The maximum absolute atomic E-state index is 12.9. The topological polar surface area (TPSA) is 48.6 Å². The normalized spacial score (nSPS) is 19.0. The number of halogens is 1. The smallest absolute Gasteiger partial charge is 0.136 e. The van der Waals surface area contributed by atoms with Gasteiger partial charge in [0.1, 0.15) is 17.2 Å². The molecule has 2 N–H and O–H groups in total. The van der Waals surface area contributed by atoms with Crippen LogP contribution in [-0.2, 0) is 12.0 Å². The molecule has 5 heteroatoms. The molecule has 0 amide bonds. The number of benzene rings is 1. The van der Waals surface area contributed by atoms with Gasteiger partial charge in [0.05, 0.1) is 6.26 Å². The van der Waals surface area contributed by atoms with Crippen molar-refractivity contribution >= 4 is 0 Å². The Balaban J connectivity index is 1.38. The van der Waals surface area contributed by atoms with Crippen molar-refractivity contribution in [3.05, 3.63) is 59.8 Å². The van der Waals surface area contributed by atoms with Crippen LogP contribution in [0.4, 0.5) is 4.39 Å². The Morgan fingerprint density at radius 1 is 1.24 bits per heavy atom. The Hall–Kier alpha value is -1.69. The molecule has 1 unspecified atom stereocenters. The maximum Gasteiger partial charge on any atom is 0.136 e. The molecule has 2 aromatic rings. The fourth-order valence-electron chi connectivity index (χ4n) is 3.31. The van der Waals surface area contributed by atoms with E-state index in [0.717, 1.165) is 38.9 Å². The molecule has 1 aliphatic heterocycles. The second-order valence-electron chi connectivity index (χ2n) is 7.12. The fourth-order valence-corrected chi connectivity index (χ4v) is 3.31. The summed E-state index contributed by atoms with van der Waals surface area (Å²) in [6.07, 6.45) is 4.67. The molecule has 0 spiro atoms. The number of rotatable bonds is 7. The second-order valence-corrected chi connectivity index (χ2v) is 7.12. The number of nitrogens with one attached hydrogen (secondary N) is 1. The molecule has 4 nitrogen and oxygen atoms in total. The van der Waals surface area contributed by atoms with Crippen LogP contribution >= 0.6 is 0 Å². The van der Waals surface area contributed by atoms with Gasteiger partial charge in [-0.05, 0) is 69.1 Å². The van der Waals surface area contributed by atoms with Crippen LogP contribution in [0.15, 0.2) is 47.1 Å². The Morgan fingerprint density at radius 3 is 2.60 bits per heavy atom. The summed E-state index contributed by atoms with van der Waals surface area (Å²) in [5.41, 5.74) is 0.194. The fraction of sp³-hybridized carbons (Fsp3) is 0.500. The highest BCUT2D eigenvalue weighted by Crippen LogP contribution is 2.21. The van der Waals surface area contributed by atoms with E-state index in [0.29, 0.717) is 18.3 Å². The number of hydrogen-bond acceptors (Lipinski definition) is 4. The van der Waals surface area contributed by atoms with Crippen molar-refractivity contribution in [1.82, 2.24) is 10.2 Å². The number of piperidine rings is 1. The molecule has 25 heavy (non-hydrogen) atoms. The molecule has 0 radical (unpaired) electrons. The SMILES string of the molecule is CC(O)(CNC1CCN(CCc2ccc(F)cc2)CC1)c1ccco1. The van der Waals surface area contributed by atoms with Crippen molar-refractivity contribution in [2.75, 3.05) is 26.2 Å². The Bertz CT molecular complexity index is 632. The van der Waals surface area contributed by atoms with Crippen LogP contribution in [0.5, 0.6) is 0 Å². The minimum Gasteiger partial charge on any atom is -0.466 e. The van der Waals surface area contributed by atoms with Crippen LogP contribution in [0, 0.1) is 5.82 Å². The van der Waals surface area contributed by atoms with Crippen LogP contribution < -0.4 is 5.32 Å². The monoisotopic (exact) mass is 346 g/mol. The van der Waals surface area contributed by atoms with Crippen LogP contribution in [0.1, 0.15) is 31.1 Å². The molecule has 1 aliphatic rings. The zero-order valence-corrected chi connectivity index (χ0v) is 14.7. The molecule has 0 bridgehead atoms. The molecule has 1 saturated heterocycles. The molecule has 1 fully saturated rings. The molecule has 0 aliphatic carbocycles. The van der Waals surface area contributed by atoms with Gasteiger partial charge in [-0.15, -0.1) is 0 Å². The standard InChI is InChI=1S/C20H27FN2O2/c1-20(24,19-3-2-14-25-19)15-22-18-9-12-23(13-10-18)11-8-16-4-6-17(21)7-5-16/h2-7,14,18,22,24H,8-13,15H2,1H3. The molecular formula is C20H27FN2O2. The maximum atomic E-state index is 12.9. The van der Waals surface area contributed by atoms with Crippen molar-refractivity contribution in [3.63, 3.8) is 0 Å². The van der Waals surface area contributed by atoms with Gasteiger partial charge in [0, 0.05) is 19.1 Å². The zero-order valence-electron chi connectivity index (χ0n) is 14.7. The average Bonchev–Trinajstić information content (AvgIpc) is 3.16. The van der Waals surface area contributed by atoms with Gasteiger partial charge in [0.25, 0.3) is 0 Å². The summed E-state index contributed by atoms with van der Waals surface area (Å²) >= 11 is 0. The second kappa shape index (κ2) is 8.13. The lowest BCUT2D eigenvalue weighted by Crippen LogP contribution is -2.46. The summed E-state index contributed by atoms with van der Waals surface area (Å²) in [4.78, 5) is 2.45. The molecule has 1 atom stereocenters. The van der Waals surface area contributed by atoms with E-state index in [1.165, 1.54) is 17.7 Å². The van der Waals surface area contributed by atoms with Gasteiger partial charge in [0.15, 0.2) is 0 Å². The van der Waals surface area contributed by atoms with Gasteiger partial charge >= 0.3 is 0 Å². The number of hydrogen-bond donors (Lipinski definition) is 2. The van der Waals surface area contributed by atoms with E-state index in [1.54, 1.807) is 25.3 Å². The van der Waals surface area contributed by atoms with Crippen LogP contribution in [0.25, 0.3) is 0 Å². The average molecular weight is 346 g/mol. The molecule has 1 aromatic carbocycles. The molecular weight excluding hydrogens is 319 g/mol. The van der Waals surface area contributed by atoms with Crippen molar-refractivity contribution < 1.29 is 13.9 Å². The van der Waals surface area contributed by atoms with Gasteiger partial charge < -0.3 is 19.7 Å². The van der Waals surface area contributed by atoms with Crippen molar-refractivity contribution in [3.8, 4) is 0 Å². The molecule has 0 saturated carbocycles. The predicted molar refractivity (Wildman–Crippen MR) is 95.8 cm³/mol. The Labute approximate surface area is 148 Å². The lowest BCUT2D eigenvalue weighted by atomic mass is 10.00. The van der Waals surface area contributed by atoms with Gasteiger partial charge in [-0.2, -0.15) is 0 Å². The van der Waals surface area contributed by atoms with Gasteiger partial charge in [-0.3, -0.25) is 0 Å². The first-order valence-corrected chi connectivity index (χ1v) is 8.99. The summed E-state index contributed by atoms with van der Waals surface area (Å²) in [7, 11) is 0. The highest BCUT2D eigenvalue weighted by Gasteiger charge is 2.28. The van der Waals surface area contributed by atoms with E-state index in [4.69, 9.17) is 4.42 Å². The van der Waals surface area contributed by atoms with Crippen molar-refractivity contribution in [2.24, 2.45) is 0 Å². The highest BCUT2D eigenvalue weighted by atomic mass is 19.1. The van der Waals surface area contributed by atoms with Crippen LogP contribution in [-0.4, -0.2) is 42.2 Å². The van der Waals surface area contributed by atoms with E-state index in [9.17, 15) is 9.50 Å². The van der Waals surface area contributed by atoms with E-state index in [2.05, 4.69) is 10.2 Å². The highest BCUT2D eigenvalue weighted by molar-refractivity contribution is 5.16. The minimum atomic E-state index is -0.983. The van der Waals surface area contributed by atoms with E-state index >= 15 is 0 Å². The third-order valence-corrected chi connectivity index (χ3v) is 5.00. The number of nitrogens with zero attached hydrogens (tertiary/aromatic N) is 1. The summed E-state index contributed by atoms with van der Waals surface area (Å²) in [6.45, 7) is 5.35. The van der Waals surface area contributed by atoms with E-state index in [-0.39, 0.29) is 5.82 Å². The Kier molecular flexibility index (Phi) is 5.89. The van der Waals surface area contributed by atoms with Crippen LogP contribution in [0.3, 0.4) is 0 Å². The summed E-state index contributed by atoms with van der Waals surface area (Å²) in [6, 6.07) is 10.8. The first-order valence-electron chi connectivity index (χ1n) is 8.99. The van der Waals surface area contributed by atoms with Gasteiger partial charge in [-0.1, -0.05) is 12.1 Å². The third-order valence-electron chi connectivity index (χ3n) is 5.00. The molecule has 3 rings (SSSR count). The molecule has 1 aromatic heterocycles. The number of aliphatic hydroxyl groups is 1. The quantitative estimate of drug-likeness (QED) is 0.809. The van der Waals surface area contributed by atoms with Gasteiger partial charge in [-0.25, -0.2) is 4.39 Å². The zero-order chi connectivity index (χ0) is 17.7. The van der Waals surface area contributed by atoms with E-state index < -0.39 is 5.60 Å². The largest absolute Gasteiger partial charge is 0.466 e. The molecule has 136 valence electrons. The first kappa shape index (κ1) is 18.1. The predicted octanol–water partition coefficient (Wildman–Crippen LogP) is 2.92. The van der Waals surface area contributed by atoms with Gasteiger partial charge in [0.2, 0.25) is 0 Å². The number of likely N-dealkylation sites (tertiary alicyclic amines) is 1. The summed E-state index contributed by atoms with van der Waals surface area (Å²) < 4.78 is 18.2. The van der Waals surface area contributed by atoms with Crippen LogP contribution in [0.2, 0.25) is 0 Å². The first-order chi connectivity index (χ1) is 12.0. The van der Waals surface area contributed by atoms with Crippen molar-refractivity contribution in [2.45, 2.75) is 37.8 Å². The lowest BCUT2D eigenvalue weighted by Gasteiger charge is -2.34.